The summed E-state index contributed by atoms with van der Waals surface area (Å²) in [5.41, 5.74) is 2.48. The van der Waals surface area contributed by atoms with E-state index < -0.39 is 0 Å². The maximum atomic E-state index is 11.5. The van der Waals surface area contributed by atoms with Gasteiger partial charge in [-0.3, -0.25) is 9.78 Å². The van der Waals surface area contributed by atoms with Gasteiger partial charge in [0.2, 0.25) is 0 Å². The van der Waals surface area contributed by atoms with Crippen molar-refractivity contribution in [2.45, 2.75) is 57.5 Å². The van der Waals surface area contributed by atoms with E-state index in [1.807, 2.05) is 19.2 Å². The van der Waals surface area contributed by atoms with Crippen LogP contribution in [0.5, 0.6) is 0 Å². The Kier molecular flexibility index (Phi) is 5.12. The van der Waals surface area contributed by atoms with Gasteiger partial charge < -0.3 is 10.1 Å². The highest BCUT2D eigenvalue weighted by Gasteiger charge is 2.27. The van der Waals surface area contributed by atoms with Gasteiger partial charge in [-0.25, -0.2) is 0 Å². The number of carbonyl (C=O) groups excluding carboxylic acids is 1. The second-order valence-corrected chi connectivity index (χ2v) is 5.68. The van der Waals surface area contributed by atoms with Gasteiger partial charge in [0, 0.05) is 23.9 Å². The van der Waals surface area contributed by atoms with E-state index in [2.05, 4.69) is 23.3 Å². The summed E-state index contributed by atoms with van der Waals surface area (Å²) in [7, 11) is 1.43. The second-order valence-electron chi connectivity index (χ2n) is 5.68. The molecule has 0 aromatic carbocycles. The molecule has 110 valence electrons. The largest absolute Gasteiger partial charge is 0.468 e. The summed E-state index contributed by atoms with van der Waals surface area (Å²) < 4.78 is 4.77. The van der Waals surface area contributed by atoms with Crippen LogP contribution in [0.2, 0.25) is 0 Å². The minimum atomic E-state index is -0.242. The van der Waals surface area contributed by atoms with Crippen LogP contribution in [-0.4, -0.2) is 30.1 Å². The van der Waals surface area contributed by atoms with E-state index in [4.69, 9.17) is 4.74 Å². The molecule has 0 spiro atoms. The van der Waals surface area contributed by atoms with E-state index in [9.17, 15) is 4.79 Å². The van der Waals surface area contributed by atoms with Gasteiger partial charge in [-0.15, -0.1) is 0 Å². The first-order chi connectivity index (χ1) is 9.61. The van der Waals surface area contributed by atoms with Crippen molar-refractivity contribution in [1.29, 1.82) is 0 Å². The molecule has 0 aliphatic heterocycles. The number of ether oxygens (including phenoxy) is 1. The molecule has 0 amide bonds. The van der Waals surface area contributed by atoms with Gasteiger partial charge in [-0.05, 0) is 44.7 Å². The van der Waals surface area contributed by atoms with Crippen molar-refractivity contribution in [1.82, 2.24) is 10.3 Å². The maximum Gasteiger partial charge on any atom is 0.322 e. The smallest absolute Gasteiger partial charge is 0.322 e. The van der Waals surface area contributed by atoms with Gasteiger partial charge in [0.1, 0.15) is 6.04 Å². The summed E-state index contributed by atoms with van der Waals surface area (Å²) in [4.78, 5) is 16.0. The lowest BCUT2D eigenvalue weighted by Gasteiger charge is -2.31. The van der Waals surface area contributed by atoms with E-state index in [0.717, 1.165) is 12.8 Å². The summed E-state index contributed by atoms with van der Waals surface area (Å²) in [6, 6.07) is 4.23. The Bertz CT molecular complexity index is 462. The van der Waals surface area contributed by atoms with Crippen molar-refractivity contribution in [2.75, 3.05) is 7.11 Å². The molecule has 0 saturated heterocycles. The highest BCUT2D eigenvalue weighted by atomic mass is 16.5. The molecule has 1 aliphatic carbocycles. The zero-order chi connectivity index (χ0) is 14.5. The van der Waals surface area contributed by atoms with E-state index in [1.54, 1.807) is 0 Å². The number of carbonyl (C=O) groups is 1. The Morgan fingerprint density at radius 2 is 2.30 bits per heavy atom. The van der Waals surface area contributed by atoms with Crippen LogP contribution in [0.15, 0.2) is 18.3 Å². The molecule has 1 aromatic rings. The summed E-state index contributed by atoms with van der Waals surface area (Å²) in [5, 5.41) is 3.39. The molecule has 1 heterocycles. The Morgan fingerprint density at radius 3 is 3.00 bits per heavy atom. The van der Waals surface area contributed by atoms with Crippen molar-refractivity contribution in [3.63, 3.8) is 0 Å². The molecule has 1 N–H and O–H groups in total. The van der Waals surface area contributed by atoms with Crippen LogP contribution in [0, 0.1) is 6.92 Å². The number of aryl methyl sites for hydroxylation is 1. The number of aromatic nitrogens is 1. The van der Waals surface area contributed by atoms with E-state index in [0.29, 0.717) is 12.0 Å². The maximum absolute atomic E-state index is 11.5. The van der Waals surface area contributed by atoms with Gasteiger partial charge >= 0.3 is 5.97 Å². The summed E-state index contributed by atoms with van der Waals surface area (Å²) in [6.07, 6.45) is 6.38. The lowest BCUT2D eigenvalue weighted by Crippen LogP contribution is -2.43. The van der Waals surface area contributed by atoms with Crippen molar-refractivity contribution < 1.29 is 9.53 Å². The second kappa shape index (κ2) is 6.84. The van der Waals surface area contributed by atoms with Crippen LogP contribution in [0.25, 0.3) is 0 Å². The standard InChI is InChI=1S/C16H24N2O2/c1-11-6-5-9-17-15(11)13-7-4-8-14(10-13)18-12(2)16(19)20-3/h5-6,9,12-14,18H,4,7-8,10H2,1-3H3/t12-,13?,14?/m1/s1. The third-order valence-electron chi connectivity index (χ3n) is 4.15. The molecule has 2 rings (SSSR count). The van der Waals surface area contributed by atoms with Gasteiger partial charge in [0.05, 0.1) is 7.11 Å². The number of esters is 1. The van der Waals surface area contributed by atoms with Crippen LogP contribution in [0.1, 0.15) is 49.8 Å². The van der Waals surface area contributed by atoms with Crippen molar-refractivity contribution in [3.05, 3.63) is 29.6 Å². The lowest BCUT2D eigenvalue weighted by molar-refractivity contribution is -0.142. The molecule has 0 bridgehead atoms. The molecule has 3 atom stereocenters. The van der Waals surface area contributed by atoms with Gasteiger partial charge in [-0.2, -0.15) is 0 Å². The quantitative estimate of drug-likeness (QED) is 0.859. The zero-order valence-corrected chi connectivity index (χ0v) is 12.6. The van der Waals surface area contributed by atoms with Crippen molar-refractivity contribution >= 4 is 5.97 Å². The van der Waals surface area contributed by atoms with Crippen LogP contribution in [0.3, 0.4) is 0 Å². The van der Waals surface area contributed by atoms with E-state index in [1.165, 1.54) is 31.2 Å². The molecule has 4 nitrogen and oxygen atoms in total. The third-order valence-corrected chi connectivity index (χ3v) is 4.15. The van der Waals surface area contributed by atoms with Gasteiger partial charge in [-0.1, -0.05) is 12.5 Å². The number of hydrogen-bond donors (Lipinski definition) is 1. The van der Waals surface area contributed by atoms with E-state index in [-0.39, 0.29) is 12.0 Å². The van der Waals surface area contributed by atoms with Gasteiger partial charge in [0.25, 0.3) is 0 Å². The first-order valence-electron chi connectivity index (χ1n) is 7.37. The lowest BCUT2D eigenvalue weighted by atomic mass is 9.82. The van der Waals surface area contributed by atoms with Crippen LogP contribution >= 0.6 is 0 Å². The van der Waals surface area contributed by atoms with Crippen LogP contribution < -0.4 is 5.32 Å². The topological polar surface area (TPSA) is 51.2 Å². The Morgan fingerprint density at radius 1 is 1.50 bits per heavy atom. The number of pyridine rings is 1. The third kappa shape index (κ3) is 3.57. The van der Waals surface area contributed by atoms with Crippen LogP contribution in [0.4, 0.5) is 0 Å². The zero-order valence-electron chi connectivity index (χ0n) is 12.6. The summed E-state index contributed by atoms with van der Waals surface area (Å²) in [6.45, 7) is 3.98. The number of nitrogens with zero attached hydrogens (tertiary/aromatic N) is 1. The predicted molar refractivity (Wildman–Crippen MR) is 78.6 cm³/mol. The minimum absolute atomic E-state index is 0.193. The molecular weight excluding hydrogens is 252 g/mol. The fraction of sp³-hybridized carbons (Fsp3) is 0.625. The molecule has 4 heteroatoms. The number of hydrogen-bond acceptors (Lipinski definition) is 4. The average Bonchev–Trinajstić information content (AvgIpc) is 2.47. The fourth-order valence-corrected chi connectivity index (χ4v) is 3.11. The minimum Gasteiger partial charge on any atom is -0.468 e. The first-order valence-corrected chi connectivity index (χ1v) is 7.37. The van der Waals surface area contributed by atoms with Gasteiger partial charge in [0.15, 0.2) is 0 Å². The summed E-state index contributed by atoms with van der Waals surface area (Å²) in [5.74, 6) is 0.299. The molecule has 20 heavy (non-hydrogen) atoms. The molecule has 2 unspecified atom stereocenters. The average molecular weight is 276 g/mol. The Balaban J connectivity index is 1.99. The normalized spacial score (nSPS) is 24.1. The fourth-order valence-electron chi connectivity index (χ4n) is 3.11. The van der Waals surface area contributed by atoms with E-state index >= 15 is 0 Å². The SMILES string of the molecule is COC(=O)[C@@H](C)NC1CCCC(c2ncccc2C)C1. The van der Waals surface area contributed by atoms with Crippen LogP contribution in [-0.2, 0) is 9.53 Å². The molecular formula is C16H24N2O2. The van der Waals surface area contributed by atoms with Crippen molar-refractivity contribution in [3.8, 4) is 0 Å². The van der Waals surface area contributed by atoms with Crippen molar-refractivity contribution in [2.24, 2.45) is 0 Å². The number of nitrogens with one attached hydrogen (secondary N) is 1. The molecule has 1 aromatic heterocycles. The predicted octanol–water partition coefficient (Wildman–Crippen LogP) is 2.57. The number of methoxy groups -OCH3 is 1. The summed E-state index contributed by atoms with van der Waals surface area (Å²) >= 11 is 0. The Hall–Kier alpha value is -1.42. The highest BCUT2D eigenvalue weighted by Crippen LogP contribution is 2.33. The highest BCUT2D eigenvalue weighted by molar-refractivity contribution is 5.75. The Labute approximate surface area is 120 Å². The number of rotatable bonds is 4. The molecule has 1 fully saturated rings. The molecule has 1 saturated carbocycles. The monoisotopic (exact) mass is 276 g/mol. The molecule has 1 aliphatic rings. The first kappa shape index (κ1) is 15.0. The molecule has 0 radical (unpaired) electrons.